The van der Waals surface area contributed by atoms with Crippen LogP contribution < -0.4 is 0 Å². The number of carbonyl (C=O) groups is 1. The first kappa shape index (κ1) is 11.6. The summed E-state index contributed by atoms with van der Waals surface area (Å²) in [5.41, 5.74) is 0.882. The second-order valence-corrected chi connectivity index (χ2v) is 6.09. The molecular weight excluding hydrogens is 260 g/mol. The van der Waals surface area contributed by atoms with Crippen molar-refractivity contribution in [1.29, 1.82) is 0 Å². The summed E-state index contributed by atoms with van der Waals surface area (Å²) >= 11 is 3.36. The Morgan fingerprint density at radius 3 is 2.78 bits per heavy atom. The van der Waals surface area contributed by atoms with E-state index in [4.69, 9.17) is 0 Å². The van der Waals surface area contributed by atoms with E-state index in [9.17, 15) is 4.79 Å². The molecule has 1 aromatic carbocycles. The van der Waals surface area contributed by atoms with Crippen LogP contribution in [-0.4, -0.2) is 5.78 Å². The van der Waals surface area contributed by atoms with Gasteiger partial charge in [-0.2, -0.15) is 0 Å². The summed E-state index contributed by atoms with van der Waals surface area (Å²) in [4.78, 5) is 13.5. The second-order valence-electron chi connectivity index (χ2n) is 4.15. The van der Waals surface area contributed by atoms with Crippen molar-refractivity contribution in [3.8, 4) is 0 Å². The van der Waals surface area contributed by atoms with Gasteiger partial charge < -0.3 is 0 Å². The molecule has 0 atom stereocenters. The van der Waals surface area contributed by atoms with Gasteiger partial charge in [0.05, 0.1) is 0 Å². The number of rotatable bonds is 4. The van der Waals surface area contributed by atoms with E-state index >= 15 is 0 Å². The highest BCUT2D eigenvalue weighted by Crippen LogP contribution is 2.27. The molecule has 0 aliphatic rings. The molecule has 90 valence electrons. The van der Waals surface area contributed by atoms with Crippen molar-refractivity contribution in [1.82, 2.24) is 0 Å². The summed E-state index contributed by atoms with van der Waals surface area (Å²) < 4.78 is 1.19. The lowest BCUT2D eigenvalue weighted by molar-refractivity contribution is 0.0985. The number of ketones is 1. The van der Waals surface area contributed by atoms with Gasteiger partial charge in [0.2, 0.25) is 0 Å². The predicted molar refractivity (Wildman–Crippen MR) is 78.8 cm³/mol. The number of fused-ring (bicyclic) bond motifs is 1. The van der Waals surface area contributed by atoms with Crippen molar-refractivity contribution in [2.24, 2.45) is 0 Å². The van der Waals surface area contributed by atoms with Crippen molar-refractivity contribution < 1.29 is 4.79 Å². The Kier molecular flexibility index (Phi) is 3.26. The van der Waals surface area contributed by atoms with E-state index in [0.717, 1.165) is 17.4 Å². The lowest BCUT2D eigenvalue weighted by atomic mass is 10.1. The van der Waals surface area contributed by atoms with Crippen LogP contribution in [0.3, 0.4) is 0 Å². The average Bonchev–Trinajstić information content (AvgIpc) is 3.05. The first-order valence-electron chi connectivity index (χ1n) is 5.86. The monoisotopic (exact) mass is 272 g/mol. The molecule has 0 saturated carbocycles. The van der Waals surface area contributed by atoms with E-state index < -0.39 is 0 Å². The van der Waals surface area contributed by atoms with Gasteiger partial charge >= 0.3 is 0 Å². The molecule has 0 unspecified atom stereocenters. The third-order valence-electron chi connectivity index (χ3n) is 2.96. The summed E-state index contributed by atoms with van der Waals surface area (Å²) in [6.07, 6.45) is 1.45. The van der Waals surface area contributed by atoms with Gasteiger partial charge in [-0.3, -0.25) is 4.79 Å². The molecule has 1 nitrogen and oxygen atoms in total. The molecule has 2 aromatic heterocycles. The Balaban J connectivity index is 1.80. The highest BCUT2D eigenvalue weighted by molar-refractivity contribution is 7.17. The zero-order valence-electron chi connectivity index (χ0n) is 9.76. The Labute approximate surface area is 114 Å². The molecule has 0 N–H and O–H groups in total. The molecule has 0 amide bonds. The SMILES string of the molecule is O=C(CCc1cccs1)c1csc2ccccc12. The molecule has 0 aliphatic heterocycles. The number of thiophene rings is 2. The first-order valence-corrected chi connectivity index (χ1v) is 7.62. The number of aryl methyl sites for hydroxylation is 1. The lowest BCUT2D eigenvalue weighted by Crippen LogP contribution is -1.99. The Morgan fingerprint density at radius 2 is 1.94 bits per heavy atom. The van der Waals surface area contributed by atoms with Crippen molar-refractivity contribution >= 4 is 38.5 Å². The standard InChI is InChI=1S/C15H12OS2/c16-14(8-7-11-4-3-9-17-11)13-10-18-15-6-2-1-5-12(13)15/h1-6,9-10H,7-8H2. The Hall–Kier alpha value is -1.45. The Morgan fingerprint density at radius 1 is 1.06 bits per heavy atom. The zero-order chi connectivity index (χ0) is 12.4. The minimum atomic E-state index is 0.251. The van der Waals surface area contributed by atoms with Crippen molar-refractivity contribution in [3.63, 3.8) is 0 Å². The Bertz CT molecular complexity index is 665. The number of hydrogen-bond acceptors (Lipinski definition) is 3. The minimum Gasteiger partial charge on any atom is -0.294 e. The van der Waals surface area contributed by atoms with E-state index in [1.807, 2.05) is 29.6 Å². The molecule has 0 bridgehead atoms. The number of carbonyl (C=O) groups excluding carboxylic acids is 1. The third-order valence-corrected chi connectivity index (χ3v) is 4.86. The van der Waals surface area contributed by atoms with Gasteiger partial charge in [-0.05, 0) is 23.9 Å². The molecule has 18 heavy (non-hydrogen) atoms. The summed E-state index contributed by atoms with van der Waals surface area (Å²) in [6, 6.07) is 12.2. The molecule has 2 heterocycles. The van der Waals surface area contributed by atoms with Crippen LogP contribution in [0.5, 0.6) is 0 Å². The smallest absolute Gasteiger partial charge is 0.164 e. The molecule has 3 rings (SSSR count). The van der Waals surface area contributed by atoms with Crippen LogP contribution in [0.25, 0.3) is 10.1 Å². The normalized spacial score (nSPS) is 10.9. The lowest BCUT2D eigenvalue weighted by Gasteiger charge is -1.98. The van der Waals surface area contributed by atoms with Crippen LogP contribution in [0.1, 0.15) is 21.7 Å². The maximum atomic E-state index is 12.2. The average molecular weight is 272 g/mol. The molecule has 0 aliphatic carbocycles. The topological polar surface area (TPSA) is 17.1 Å². The fourth-order valence-electron chi connectivity index (χ4n) is 2.02. The van der Waals surface area contributed by atoms with E-state index in [1.54, 1.807) is 22.7 Å². The van der Waals surface area contributed by atoms with Crippen LogP contribution >= 0.6 is 22.7 Å². The summed E-state index contributed by atoms with van der Waals surface area (Å²) in [5, 5.41) is 5.14. The van der Waals surface area contributed by atoms with Gasteiger partial charge in [-0.15, -0.1) is 22.7 Å². The number of hydrogen-bond donors (Lipinski definition) is 0. The molecule has 0 saturated heterocycles. The second kappa shape index (κ2) is 5.04. The predicted octanol–water partition coefficient (Wildman–Crippen LogP) is 4.78. The third kappa shape index (κ3) is 2.24. The zero-order valence-corrected chi connectivity index (χ0v) is 11.4. The van der Waals surface area contributed by atoms with Gasteiger partial charge in [0.1, 0.15) is 0 Å². The van der Waals surface area contributed by atoms with Crippen molar-refractivity contribution in [3.05, 3.63) is 57.6 Å². The highest BCUT2D eigenvalue weighted by atomic mass is 32.1. The quantitative estimate of drug-likeness (QED) is 0.625. The maximum Gasteiger partial charge on any atom is 0.164 e. The van der Waals surface area contributed by atoms with Gasteiger partial charge in [-0.1, -0.05) is 24.3 Å². The molecule has 0 spiro atoms. The fourth-order valence-corrected chi connectivity index (χ4v) is 3.69. The van der Waals surface area contributed by atoms with Crippen molar-refractivity contribution in [2.75, 3.05) is 0 Å². The highest BCUT2D eigenvalue weighted by Gasteiger charge is 2.11. The minimum absolute atomic E-state index is 0.251. The summed E-state index contributed by atoms with van der Waals surface area (Å²) in [7, 11) is 0. The van der Waals surface area contributed by atoms with E-state index in [2.05, 4.69) is 17.5 Å². The van der Waals surface area contributed by atoms with E-state index in [0.29, 0.717) is 6.42 Å². The van der Waals surface area contributed by atoms with Gasteiger partial charge in [0.15, 0.2) is 5.78 Å². The first-order chi connectivity index (χ1) is 8.84. The molecule has 3 aromatic rings. The van der Waals surface area contributed by atoms with Gasteiger partial charge in [-0.25, -0.2) is 0 Å². The van der Waals surface area contributed by atoms with Crippen LogP contribution in [0.4, 0.5) is 0 Å². The van der Waals surface area contributed by atoms with Crippen LogP contribution in [0, 0.1) is 0 Å². The fraction of sp³-hybridized carbons (Fsp3) is 0.133. The van der Waals surface area contributed by atoms with Gasteiger partial charge in [0.25, 0.3) is 0 Å². The maximum absolute atomic E-state index is 12.2. The number of benzene rings is 1. The van der Waals surface area contributed by atoms with Crippen LogP contribution in [0.2, 0.25) is 0 Å². The number of Topliss-reactive ketones (excluding diaryl/α,β-unsaturated/α-hetero) is 1. The summed E-state index contributed by atoms with van der Waals surface area (Å²) in [5.74, 6) is 0.251. The largest absolute Gasteiger partial charge is 0.294 e. The summed E-state index contributed by atoms with van der Waals surface area (Å²) in [6.45, 7) is 0. The van der Waals surface area contributed by atoms with Crippen LogP contribution in [0.15, 0.2) is 47.2 Å². The van der Waals surface area contributed by atoms with E-state index in [1.165, 1.54) is 9.58 Å². The van der Waals surface area contributed by atoms with Crippen LogP contribution in [-0.2, 0) is 6.42 Å². The van der Waals surface area contributed by atoms with Gasteiger partial charge in [0, 0.05) is 32.3 Å². The molecule has 0 fully saturated rings. The molecule has 0 radical (unpaired) electrons. The molecule has 3 heteroatoms. The van der Waals surface area contributed by atoms with Crippen molar-refractivity contribution in [2.45, 2.75) is 12.8 Å². The molecular formula is C15H12OS2. The van der Waals surface area contributed by atoms with E-state index in [-0.39, 0.29) is 5.78 Å².